The second-order valence-corrected chi connectivity index (χ2v) is 7.34. The summed E-state index contributed by atoms with van der Waals surface area (Å²) < 4.78 is 0. The lowest BCUT2D eigenvalue weighted by atomic mass is 10.0. The van der Waals surface area contributed by atoms with Crippen LogP contribution in [0.3, 0.4) is 0 Å². The number of aromatic amines is 1. The van der Waals surface area contributed by atoms with Crippen molar-refractivity contribution >= 4 is 28.2 Å². The minimum absolute atomic E-state index is 0.0448. The lowest BCUT2D eigenvalue weighted by Gasteiger charge is -2.25. The van der Waals surface area contributed by atoms with Crippen molar-refractivity contribution in [3.63, 3.8) is 0 Å². The third kappa shape index (κ3) is 4.77. The van der Waals surface area contributed by atoms with Gasteiger partial charge in [0.05, 0.1) is 13.2 Å². The van der Waals surface area contributed by atoms with Crippen LogP contribution in [0.15, 0.2) is 53.3 Å². The first-order valence-corrected chi connectivity index (χ1v) is 9.69. The van der Waals surface area contributed by atoms with Gasteiger partial charge in [-0.1, -0.05) is 36.4 Å². The minimum Gasteiger partial charge on any atom is -0.395 e. The number of aromatic nitrogens is 1. The topological polar surface area (TPSA) is 68.4 Å². The molecule has 0 saturated carbocycles. The number of benzene rings is 2. The number of fused-ring (bicyclic) bond motifs is 1. The smallest absolute Gasteiger partial charge is 0.253 e. The zero-order valence-corrected chi connectivity index (χ0v) is 17.0. The Morgan fingerprint density at radius 3 is 2.64 bits per heavy atom. The van der Waals surface area contributed by atoms with Crippen LogP contribution in [-0.2, 0) is 13.1 Å². The fourth-order valence-electron chi connectivity index (χ4n) is 3.30. The highest BCUT2D eigenvalue weighted by molar-refractivity contribution is 7.80. The van der Waals surface area contributed by atoms with Crippen LogP contribution in [0, 0.1) is 13.8 Å². The molecule has 3 rings (SSSR count). The van der Waals surface area contributed by atoms with Crippen molar-refractivity contribution in [2.45, 2.75) is 26.9 Å². The zero-order valence-electron chi connectivity index (χ0n) is 16.2. The number of nitrogens with zero attached hydrogens (tertiary/aromatic N) is 1. The Morgan fingerprint density at radius 2 is 1.93 bits per heavy atom. The van der Waals surface area contributed by atoms with E-state index < -0.39 is 0 Å². The molecule has 0 aliphatic carbocycles. The van der Waals surface area contributed by atoms with Crippen LogP contribution in [0.25, 0.3) is 10.9 Å². The Labute approximate surface area is 170 Å². The van der Waals surface area contributed by atoms with Gasteiger partial charge < -0.3 is 20.3 Å². The predicted octanol–water partition coefficient (Wildman–Crippen LogP) is 3.01. The van der Waals surface area contributed by atoms with E-state index in [0.717, 1.165) is 27.6 Å². The standard InChI is InChI=1S/C22H25N3O2S/c1-15-10-16(2)19-12-18(21(27)24-20(19)11-15)14-25(8-9-26)22(28)23-13-17-6-4-3-5-7-17/h3-7,10-12,26H,8-9,13-14H2,1-2H3,(H,23,28)(H,24,27). The predicted molar refractivity (Wildman–Crippen MR) is 117 cm³/mol. The largest absolute Gasteiger partial charge is 0.395 e. The molecule has 0 amide bonds. The van der Waals surface area contributed by atoms with E-state index in [4.69, 9.17) is 12.2 Å². The van der Waals surface area contributed by atoms with Crippen molar-refractivity contribution in [3.05, 3.63) is 81.1 Å². The van der Waals surface area contributed by atoms with E-state index in [9.17, 15) is 9.90 Å². The number of pyridine rings is 1. The summed E-state index contributed by atoms with van der Waals surface area (Å²) in [5.74, 6) is 0. The number of nitrogens with one attached hydrogen (secondary N) is 2. The van der Waals surface area contributed by atoms with Crippen LogP contribution in [0.4, 0.5) is 0 Å². The normalized spacial score (nSPS) is 10.8. The van der Waals surface area contributed by atoms with Gasteiger partial charge in [0, 0.05) is 29.6 Å². The minimum atomic E-state index is -0.133. The van der Waals surface area contributed by atoms with Gasteiger partial charge in [0.25, 0.3) is 5.56 Å². The summed E-state index contributed by atoms with van der Waals surface area (Å²) in [6.45, 7) is 5.28. The number of rotatable bonds is 6. The second kappa shape index (κ2) is 8.99. The molecular formula is C22H25N3O2S. The molecule has 0 atom stereocenters. The van der Waals surface area contributed by atoms with Crippen LogP contribution in [0.1, 0.15) is 22.3 Å². The van der Waals surface area contributed by atoms with Gasteiger partial charge in [-0.25, -0.2) is 0 Å². The molecule has 0 saturated heterocycles. The Balaban J connectivity index is 1.80. The van der Waals surface area contributed by atoms with Gasteiger partial charge in [-0.05, 0) is 54.9 Å². The number of hydrogen-bond acceptors (Lipinski definition) is 3. The molecule has 0 spiro atoms. The molecule has 1 aromatic heterocycles. The number of hydrogen-bond donors (Lipinski definition) is 3. The summed E-state index contributed by atoms with van der Waals surface area (Å²) in [4.78, 5) is 17.4. The Bertz CT molecular complexity index is 1030. The Morgan fingerprint density at radius 1 is 1.18 bits per heavy atom. The lowest BCUT2D eigenvalue weighted by Crippen LogP contribution is -2.41. The molecule has 0 radical (unpaired) electrons. The number of H-pyrrole nitrogens is 1. The van der Waals surface area contributed by atoms with Crippen LogP contribution >= 0.6 is 12.2 Å². The molecule has 0 bridgehead atoms. The first-order valence-electron chi connectivity index (χ1n) is 9.28. The van der Waals surface area contributed by atoms with Gasteiger partial charge in [0.2, 0.25) is 0 Å². The average Bonchev–Trinajstić information content (AvgIpc) is 2.67. The fourth-order valence-corrected chi connectivity index (χ4v) is 3.53. The Hall–Kier alpha value is -2.70. The molecule has 2 aromatic carbocycles. The molecule has 5 nitrogen and oxygen atoms in total. The molecule has 3 N–H and O–H groups in total. The van der Waals surface area contributed by atoms with Crippen molar-refractivity contribution in [1.82, 2.24) is 15.2 Å². The fraction of sp³-hybridized carbons (Fsp3) is 0.273. The molecule has 0 aliphatic heterocycles. The van der Waals surface area contributed by atoms with E-state index in [1.807, 2.05) is 61.2 Å². The van der Waals surface area contributed by atoms with E-state index in [1.54, 1.807) is 0 Å². The summed E-state index contributed by atoms with van der Waals surface area (Å²) >= 11 is 5.51. The molecule has 146 valence electrons. The molecule has 3 aromatic rings. The van der Waals surface area contributed by atoms with E-state index in [0.29, 0.717) is 30.3 Å². The summed E-state index contributed by atoms with van der Waals surface area (Å²) in [5, 5.41) is 14.2. The molecule has 6 heteroatoms. The summed E-state index contributed by atoms with van der Waals surface area (Å²) in [7, 11) is 0. The van der Waals surface area contributed by atoms with Crippen LogP contribution in [0.5, 0.6) is 0 Å². The van der Waals surface area contributed by atoms with Crippen LogP contribution in [0.2, 0.25) is 0 Å². The van der Waals surface area contributed by atoms with Crippen molar-refractivity contribution in [1.29, 1.82) is 0 Å². The summed E-state index contributed by atoms with van der Waals surface area (Å²) in [6.07, 6.45) is 0. The second-order valence-electron chi connectivity index (χ2n) is 6.96. The van der Waals surface area contributed by atoms with Crippen LogP contribution < -0.4 is 10.9 Å². The molecule has 28 heavy (non-hydrogen) atoms. The molecule has 0 unspecified atom stereocenters. The van der Waals surface area contributed by atoms with Crippen LogP contribution in [-0.4, -0.2) is 33.3 Å². The Kier molecular flexibility index (Phi) is 6.44. The van der Waals surface area contributed by atoms with Crippen molar-refractivity contribution in [2.75, 3.05) is 13.2 Å². The van der Waals surface area contributed by atoms with E-state index in [2.05, 4.69) is 16.4 Å². The van der Waals surface area contributed by atoms with Crippen molar-refractivity contribution < 1.29 is 5.11 Å². The van der Waals surface area contributed by atoms with Gasteiger partial charge >= 0.3 is 0 Å². The molecule has 0 fully saturated rings. The SMILES string of the molecule is Cc1cc(C)c2cc(CN(CCO)C(=S)NCc3ccccc3)c(=O)[nH]c2c1. The van der Waals surface area contributed by atoms with E-state index >= 15 is 0 Å². The number of aryl methyl sites for hydroxylation is 2. The molecular weight excluding hydrogens is 370 g/mol. The van der Waals surface area contributed by atoms with Crippen molar-refractivity contribution in [3.8, 4) is 0 Å². The number of aliphatic hydroxyl groups is 1. The maximum atomic E-state index is 12.6. The maximum absolute atomic E-state index is 12.6. The third-order valence-corrected chi connectivity index (χ3v) is 5.10. The van der Waals surface area contributed by atoms with E-state index in [-0.39, 0.29) is 12.2 Å². The molecule has 0 aliphatic rings. The highest BCUT2D eigenvalue weighted by Gasteiger charge is 2.13. The first-order chi connectivity index (χ1) is 13.5. The highest BCUT2D eigenvalue weighted by Crippen LogP contribution is 2.19. The first kappa shape index (κ1) is 20.0. The highest BCUT2D eigenvalue weighted by atomic mass is 32.1. The number of aliphatic hydroxyl groups excluding tert-OH is 1. The van der Waals surface area contributed by atoms with Gasteiger partial charge in [0.15, 0.2) is 5.11 Å². The van der Waals surface area contributed by atoms with Gasteiger partial charge in [-0.2, -0.15) is 0 Å². The van der Waals surface area contributed by atoms with Gasteiger partial charge in [-0.15, -0.1) is 0 Å². The zero-order chi connectivity index (χ0) is 20.1. The maximum Gasteiger partial charge on any atom is 0.253 e. The number of thiocarbonyl (C=S) groups is 1. The summed E-state index contributed by atoms with van der Waals surface area (Å²) in [6, 6.07) is 16.0. The lowest BCUT2D eigenvalue weighted by molar-refractivity contribution is 0.245. The van der Waals surface area contributed by atoms with E-state index in [1.165, 1.54) is 0 Å². The third-order valence-electron chi connectivity index (χ3n) is 4.69. The quantitative estimate of drug-likeness (QED) is 0.560. The van der Waals surface area contributed by atoms with Gasteiger partial charge in [-0.3, -0.25) is 4.79 Å². The molecule has 1 heterocycles. The monoisotopic (exact) mass is 395 g/mol. The van der Waals surface area contributed by atoms with Gasteiger partial charge in [0.1, 0.15) is 0 Å². The summed E-state index contributed by atoms with van der Waals surface area (Å²) in [5.41, 5.74) is 4.67. The van der Waals surface area contributed by atoms with Crippen molar-refractivity contribution in [2.24, 2.45) is 0 Å². The average molecular weight is 396 g/mol.